The third-order valence-electron chi connectivity index (χ3n) is 4.13. The Labute approximate surface area is 119 Å². The Hall–Kier alpha value is -1.14. The van der Waals surface area contributed by atoms with Crippen LogP contribution in [0.25, 0.3) is 0 Å². The van der Waals surface area contributed by atoms with Gasteiger partial charge < -0.3 is 5.73 Å². The van der Waals surface area contributed by atoms with Crippen LogP contribution in [0.3, 0.4) is 0 Å². The summed E-state index contributed by atoms with van der Waals surface area (Å²) in [6.45, 7) is 2.18. The molecule has 0 unspecified atom stereocenters. The van der Waals surface area contributed by atoms with E-state index >= 15 is 0 Å². The molecule has 0 amide bonds. The number of hydrogen-bond donors (Lipinski definition) is 1. The van der Waals surface area contributed by atoms with E-state index in [1.165, 1.54) is 10.4 Å². The summed E-state index contributed by atoms with van der Waals surface area (Å²) in [6, 6.07) is 3.41. The Morgan fingerprint density at radius 1 is 1.25 bits per heavy atom. The standard InChI is InChI=1S/C14H21FN2O2S/c1-10-3-6-12(7-4-10)17(2)20(18,19)14-8-5-11(15)9-13(14)16/h5,8-10,12H,3-4,6-7,16H2,1-2H3. The number of rotatable bonds is 3. The highest BCUT2D eigenvalue weighted by atomic mass is 32.2. The summed E-state index contributed by atoms with van der Waals surface area (Å²) in [5, 5.41) is 0. The number of nitrogens with two attached hydrogens (primary N) is 1. The highest BCUT2D eigenvalue weighted by Gasteiger charge is 2.31. The molecule has 112 valence electrons. The summed E-state index contributed by atoms with van der Waals surface area (Å²) in [7, 11) is -2.08. The van der Waals surface area contributed by atoms with Gasteiger partial charge in [0.1, 0.15) is 10.7 Å². The molecule has 0 bridgehead atoms. The maximum absolute atomic E-state index is 13.0. The fourth-order valence-electron chi connectivity index (χ4n) is 2.71. The largest absolute Gasteiger partial charge is 0.398 e. The monoisotopic (exact) mass is 300 g/mol. The molecule has 2 rings (SSSR count). The Bertz CT molecular complexity index is 581. The Morgan fingerprint density at radius 2 is 1.85 bits per heavy atom. The van der Waals surface area contributed by atoms with Crippen LogP contribution in [0, 0.1) is 11.7 Å². The van der Waals surface area contributed by atoms with Gasteiger partial charge in [0.2, 0.25) is 10.0 Å². The van der Waals surface area contributed by atoms with Gasteiger partial charge in [0.25, 0.3) is 0 Å². The number of hydrogen-bond acceptors (Lipinski definition) is 3. The van der Waals surface area contributed by atoms with Gasteiger partial charge in [0.15, 0.2) is 0 Å². The first kappa shape index (κ1) is 15.3. The highest BCUT2D eigenvalue weighted by Crippen LogP contribution is 2.31. The minimum atomic E-state index is -3.66. The number of anilines is 1. The Morgan fingerprint density at radius 3 is 2.40 bits per heavy atom. The van der Waals surface area contributed by atoms with Crippen LogP contribution < -0.4 is 5.73 Å². The predicted octanol–water partition coefficient (Wildman–Crippen LogP) is 2.61. The molecular weight excluding hydrogens is 279 g/mol. The molecule has 2 N–H and O–H groups in total. The van der Waals surface area contributed by atoms with E-state index in [0.29, 0.717) is 5.92 Å². The molecule has 0 saturated heterocycles. The van der Waals surface area contributed by atoms with Gasteiger partial charge in [-0.05, 0) is 49.8 Å². The van der Waals surface area contributed by atoms with Crippen LogP contribution in [-0.4, -0.2) is 25.8 Å². The number of halogens is 1. The molecular formula is C14H21FN2O2S. The molecule has 0 radical (unpaired) electrons. The van der Waals surface area contributed by atoms with Gasteiger partial charge in [-0.3, -0.25) is 0 Å². The molecule has 0 aliphatic heterocycles. The summed E-state index contributed by atoms with van der Waals surface area (Å²) in [4.78, 5) is -0.0139. The predicted molar refractivity (Wildman–Crippen MR) is 77.2 cm³/mol. The number of benzene rings is 1. The van der Waals surface area contributed by atoms with Crippen molar-refractivity contribution in [3.8, 4) is 0 Å². The summed E-state index contributed by atoms with van der Waals surface area (Å²) in [5.41, 5.74) is 5.61. The number of nitrogen functional groups attached to an aromatic ring is 1. The number of sulfonamides is 1. The van der Waals surface area contributed by atoms with Crippen molar-refractivity contribution in [1.82, 2.24) is 4.31 Å². The quantitative estimate of drug-likeness (QED) is 0.873. The van der Waals surface area contributed by atoms with Crippen LogP contribution in [-0.2, 0) is 10.0 Å². The van der Waals surface area contributed by atoms with E-state index < -0.39 is 15.8 Å². The second-order valence-electron chi connectivity index (χ2n) is 5.62. The summed E-state index contributed by atoms with van der Waals surface area (Å²) >= 11 is 0. The Balaban J connectivity index is 2.25. The van der Waals surface area contributed by atoms with Crippen molar-refractivity contribution in [3.63, 3.8) is 0 Å². The lowest BCUT2D eigenvalue weighted by Gasteiger charge is -2.33. The maximum Gasteiger partial charge on any atom is 0.245 e. The van der Waals surface area contributed by atoms with E-state index in [1.807, 2.05) is 0 Å². The van der Waals surface area contributed by atoms with Crippen molar-refractivity contribution in [2.45, 2.75) is 43.5 Å². The lowest BCUT2D eigenvalue weighted by molar-refractivity contribution is 0.246. The topological polar surface area (TPSA) is 63.4 Å². The van der Waals surface area contributed by atoms with E-state index in [2.05, 4.69) is 6.92 Å². The molecule has 1 aromatic rings. The molecule has 1 fully saturated rings. The van der Waals surface area contributed by atoms with Crippen molar-refractivity contribution < 1.29 is 12.8 Å². The first-order valence-corrected chi connectivity index (χ1v) is 8.29. The van der Waals surface area contributed by atoms with Gasteiger partial charge in [0, 0.05) is 13.1 Å². The molecule has 20 heavy (non-hydrogen) atoms. The molecule has 1 aromatic carbocycles. The minimum absolute atomic E-state index is 0.000605. The van der Waals surface area contributed by atoms with Crippen LogP contribution in [0.5, 0.6) is 0 Å². The zero-order valence-electron chi connectivity index (χ0n) is 11.8. The summed E-state index contributed by atoms with van der Waals surface area (Å²) < 4.78 is 39.6. The average Bonchev–Trinajstić information content (AvgIpc) is 2.38. The van der Waals surface area contributed by atoms with Gasteiger partial charge in [-0.1, -0.05) is 6.92 Å². The smallest absolute Gasteiger partial charge is 0.245 e. The fourth-order valence-corrected chi connectivity index (χ4v) is 4.22. The molecule has 1 aliphatic carbocycles. The van der Waals surface area contributed by atoms with E-state index in [4.69, 9.17) is 5.73 Å². The van der Waals surface area contributed by atoms with Crippen LogP contribution in [0.4, 0.5) is 10.1 Å². The van der Waals surface area contributed by atoms with Gasteiger partial charge in [0.05, 0.1) is 5.69 Å². The molecule has 0 atom stereocenters. The van der Waals surface area contributed by atoms with Crippen molar-refractivity contribution in [2.75, 3.05) is 12.8 Å². The molecule has 0 aromatic heterocycles. The molecule has 1 saturated carbocycles. The molecule has 0 heterocycles. The zero-order valence-corrected chi connectivity index (χ0v) is 12.7. The molecule has 6 heteroatoms. The van der Waals surface area contributed by atoms with Gasteiger partial charge in [-0.15, -0.1) is 0 Å². The van der Waals surface area contributed by atoms with E-state index in [0.717, 1.165) is 37.8 Å². The van der Waals surface area contributed by atoms with Crippen molar-refractivity contribution in [1.29, 1.82) is 0 Å². The maximum atomic E-state index is 13.0. The van der Waals surface area contributed by atoms with E-state index in [1.54, 1.807) is 7.05 Å². The van der Waals surface area contributed by atoms with Gasteiger partial charge >= 0.3 is 0 Å². The first-order valence-electron chi connectivity index (χ1n) is 6.85. The van der Waals surface area contributed by atoms with Crippen molar-refractivity contribution >= 4 is 15.7 Å². The zero-order chi connectivity index (χ0) is 14.9. The van der Waals surface area contributed by atoms with Crippen LogP contribution in [0.15, 0.2) is 23.1 Å². The summed E-state index contributed by atoms with van der Waals surface area (Å²) in [6.07, 6.45) is 3.78. The Kier molecular flexibility index (Phi) is 4.34. The van der Waals surface area contributed by atoms with Gasteiger partial charge in [-0.25, -0.2) is 12.8 Å². The lowest BCUT2D eigenvalue weighted by atomic mass is 9.87. The fraction of sp³-hybridized carbons (Fsp3) is 0.571. The normalized spacial score (nSPS) is 24.0. The second-order valence-corrected chi connectivity index (χ2v) is 7.58. The van der Waals surface area contributed by atoms with Crippen LogP contribution in [0.1, 0.15) is 32.6 Å². The first-order chi connectivity index (χ1) is 9.32. The van der Waals surface area contributed by atoms with Crippen molar-refractivity contribution in [2.24, 2.45) is 5.92 Å². The van der Waals surface area contributed by atoms with Crippen LogP contribution in [0.2, 0.25) is 0 Å². The highest BCUT2D eigenvalue weighted by molar-refractivity contribution is 7.89. The van der Waals surface area contributed by atoms with Gasteiger partial charge in [-0.2, -0.15) is 4.31 Å². The third-order valence-corrected chi connectivity index (χ3v) is 6.11. The van der Waals surface area contributed by atoms with Crippen molar-refractivity contribution in [3.05, 3.63) is 24.0 Å². The average molecular weight is 300 g/mol. The summed E-state index contributed by atoms with van der Waals surface area (Å²) in [5.74, 6) is 0.119. The second kappa shape index (κ2) is 5.69. The molecule has 4 nitrogen and oxygen atoms in total. The third kappa shape index (κ3) is 2.96. The molecule has 0 spiro atoms. The molecule has 1 aliphatic rings. The van der Waals surface area contributed by atoms with E-state index in [9.17, 15) is 12.8 Å². The van der Waals surface area contributed by atoms with E-state index in [-0.39, 0.29) is 16.6 Å². The van der Waals surface area contributed by atoms with Crippen LogP contribution >= 0.6 is 0 Å². The number of nitrogens with zero attached hydrogens (tertiary/aromatic N) is 1. The SMILES string of the molecule is CC1CCC(N(C)S(=O)(=O)c2ccc(F)cc2N)CC1. The lowest BCUT2D eigenvalue weighted by Crippen LogP contribution is -2.39. The minimum Gasteiger partial charge on any atom is -0.398 e.